The maximum atomic E-state index is 13.5. The lowest BCUT2D eigenvalue weighted by molar-refractivity contribution is -0.115. The molecule has 1 heterocycles. The number of benzene rings is 4. The maximum absolute atomic E-state index is 13.5. The van der Waals surface area contributed by atoms with Gasteiger partial charge in [0.25, 0.3) is 0 Å². The second kappa shape index (κ2) is 13.0. The van der Waals surface area contributed by atoms with Gasteiger partial charge >= 0.3 is 6.03 Å². The summed E-state index contributed by atoms with van der Waals surface area (Å²) in [6.07, 6.45) is 0. The number of hydrogen-bond donors (Lipinski definition) is 3. The summed E-state index contributed by atoms with van der Waals surface area (Å²) in [5.74, 6) is -0.198. The van der Waals surface area contributed by atoms with Gasteiger partial charge in [-0.1, -0.05) is 77.8 Å². The van der Waals surface area contributed by atoms with Crippen molar-refractivity contribution < 1.29 is 9.59 Å². The molecule has 5 aromatic rings. The zero-order valence-corrected chi connectivity index (χ0v) is 24.0. The summed E-state index contributed by atoms with van der Waals surface area (Å²) >= 11 is 14.9. The molecule has 4 aromatic carbocycles. The lowest BCUT2D eigenvalue weighted by atomic mass is 10.1. The first-order valence-corrected chi connectivity index (χ1v) is 14.6. The van der Waals surface area contributed by atoms with Gasteiger partial charge in [-0.15, -0.1) is 23.1 Å². The number of urea groups is 1. The first-order chi connectivity index (χ1) is 19.4. The molecule has 40 heavy (non-hydrogen) atoms. The third-order valence-electron chi connectivity index (χ3n) is 5.69. The molecule has 0 saturated carbocycles. The van der Waals surface area contributed by atoms with Crippen molar-refractivity contribution in [3.05, 3.63) is 124 Å². The van der Waals surface area contributed by atoms with Crippen LogP contribution in [0.4, 0.5) is 21.3 Å². The number of aromatic nitrogens is 1. The summed E-state index contributed by atoms with van der Waals surface area (Å²) in [6, 6.07) is 31.1. The molecule has 0 bridgehead atoms. The highest BCUT2D eigenvalue weighted by molar-refractivity contribution is 8.00. The SMILES string of the molecule is O=C(Nc1ccccc1)Nc1ccc(SC(C(=O)Nc2nc(-c3ccc(Cl)c(Cl)c3)cs2)c2ccccc2)cc1. The van der Waals surface area contributed by atoms with E-state index in [0.717, 1.165) is 16.0 Å². The average molecular weight is 606 g/mol. The molecule has 5 rings (SSSR count). The van der Waals surface area contributed by atoms with Crippen LogP contribution in [0.3, 0.4) is 0 Å². The molecule has 3 N–H and O–H groups in total. The number of carbonyl (C=O) groups excluding carboxylic acids is 2. The van der Waals surface area contributed by atoms with Gasteiger partial charge in [-0.2, -0.15) is 0 Å². The molecule has 3 amide bonds. The molecule has 10 heteroatoms. The highest BCUT2D eigenvalue weighted by atomic mass is 35.5. The third-order valence-corrected chi connectivity index (χ3v) is 8.45. The van der Waals surface area contributed by atoms with Crippen molar-refractivity contribution in [3.63, 3.8) is 0 Å². The van der Waals surface area contributed by atoms with Gasteiger partial charge in [-0.3, -0.25) is 4.79 Å². The van der Waals surface area contributed by atoms with Crippen molar-refractivity contribution in [1.82, 2.24) is 4.98 Å². The van der Waals surface area contributed by atoms with Gasteiger partial charge in [0.15, 0.2) is 5.13 Å². The smallest absolute Gasteiger partial charge is 0.308 e. The number of para-hydroxylation sites is 1. The van der Waals surface area contributed by atoms with Gasteiger partial charge in [0.2, 0.25) is 5.91 Å². The van der Waals surface area contributed by atoms with Gasteiger partial charge in [-0.05, 0) is 54.1 Å². The normalized spacial score (nSPS) is 11.4. The zero-order chi connectivity index (χ0) is 27.9. The fraction of sp³-hybridized carbons (Fsp3) is 0.0333. The average Bonchev–Trinajstić information content (AvgIpc) is 3.43. The van der Waals surface area contributed by atoms with E-state index in [4.69, 9.17) is 23.2 Å². The van der Waals surface area contributed by atoms with E-state index in [0.29, 0.717) is 32.2 Å². The standard InChI is InChI=1S/C30H22Cl2N4O2S2/c31-24-16-11-20(17-25(24)32)26-18-39-30(35-26)36-28(37)27(19-7-3-1-4-8-19)40-23-14-12-22(13-15-23)34-29(38)33-21-9-5-2-6-10-21/h1-18,27H,(H2,33,34,38)(H,35,36,37). The first kappa shape index (κ1) is 27.7. The van der Waals surface area contributed by atoms with E-state index in [-0.39, 0.29) is 11.9 Å². The molecule has 1 unspecified atom stereocenters. The number of hydrogen-bond acceptors (Lipinski definition) is 5. The summed E-state index contributed by atoms with van der Waals surface area (Å²) in [6.45, 7) is 0. The molecule has 0 saturated heterocycles. The Morgan fingerprint density at radius 3 is 2.08 bits per heavy atom. The fourth-order valence-corrected chi connectivity index (χ4v) is 5.80. The summed E-state index contributed by atoms with van der Waals surface area (Å²) in [5, 5.41) is 11.3. The monoisotopic (exact) mass is 604 g/mol. The molecule has 0 aliphatic rings. The molecule has 1 aromatic heterocycles. The van der Waals surface area contributed by atoms with Gasteiger partial charge in [-0.25, -0.2) is 9.78 Å². The molecule has 6 nitrogen and oxygen atoms in total. The van der Waals surface area contributed by atoms with Crippen LogP contribution in [0.2, 0.25) is 10.0 Å². The summed E-state index contributed by atoms with van der Waals surface area (Å²) in [5.41, 5.74) is 3.70. The Labute approximate surface area is 249 Å². The van der Waals surface area contributed by atoms with Crippen molar-refractivity contribution >= 4 is 74.7 Å². The number of anilines is 3. The van der Waals surface area contributed by atoms with Crippen LogP contribution in [-0.2, 0) is 4.79 Å². The lowest BCUT2D eigenvalue weighted by Crippen LogP contribution is -2.19. The molecule has 1 atom stereocenters. The maximum Gasteiger partial charge on any atom is 0.323 e. The van der Waals surface area contributed by atoms with Crippen molar-refractivity contribution in [2.24, 2.45) is 0 Å². The largest absolute Gasteiger partial charge is 0.323 e. The van der Waals surface area contributed by atoms with Gasteiger partial charge in [0, 0.05) is 27.2 Å². The molecule has 0 radical (unpaired) electrons. The molecule has 0 aliphatic heterocycles. The number of thioether (sulfide) groups is 1. The van der Waals surface area contributed by atoms with Crippen LogP contribution >= 0.6 is 46.3 Å². The lowest BCUT2D eigenvalue weighted by Gasteiger charge is -2.16. The Kier molecular flexibility index (Phi) is 9.03. The van der Waals surface area contributed by atoms with E-state index in [1.807, 2.05) is 84.2 Å². The topological polar surface area (TPSA) is 83.1 Å². The van der Waals surface area contributed by atoms with Crippen molar-refractivity contribution in [3.8, 4) is 11.3 Å². The van der Waals surface area contributed by atoms with E-state index in [1.165, 1.54) is 23.1 Å². The summed E-state index contributed by atoms with van der Waals surface area (Å²) in [4.78, 5) is 31.2. The van der Waals surface area contributed by atoms with Crippen molar-refractivity contribution in [2.75, 3.05) is 16.0 Å². The molecule has 0 aliphatic carbocycles. The minimum absolute atomic E-state index is 0.198. The fourth-order valence-electron chi connectivity index (χ4n) is 3.76. The van der Waals surface area contributed by atoms with E-state index < -0.39 is 5.25 Å². The van der Waals surface area contributed by atoms with E-state index in [1.54, 1.807) is 24.3 Å². The molecular formula is C30H22Cl2N4O2S2. The highest BCUT2D eigenvalue weighted by Gasteiger charge is 2.23. The zero-order valence-electron chi connectivity index (χ0n) is 20.8. The van der Waals surface area contributed by atoms with E-state index in [2.05, 4.69) is 20.9 Å². The van der Waals surface area contributed by atoms with Crippen LogP contribution < -0.4 is 16.0 Å². The number of halogens is 2. The number of carbonyl (C=O) groups is 2. The van der Waals surface area contributed by atoms with Crippen LogP contribution in [0, 0.1) is 0 Å². The number of amides is 3. The van der Waals surface area contributed by atoms with Crippen molar-refractivity contribution in [2.45, 2.75) is 10.1 Å². The number of rotatable bonds is 8. The summed E-state index contributed by atoms with van der Waals surface area (Å²) < 4.78 is 0. The quantitative estimate of drug-likeness (QED) is 0.154. The second-order valence-electron chi connectivity index (χ2n) is 8.53. The van der Waals surface area contributed by atoms with Crippen LogP contribution in [0.15, 0.2) is 113 Å². The van der Waals surface area contributed by atoms with E-state index >= 15 is 0 Å². The number of nitrogens with zero attached hydrogens (tertiary/aromatic N) is 1. The minimum Gasteiger partial charge on any atom is -0.308 e. The van der Waals surface area contributed by atoms with Gasteiger partial charge < -0.3 is 16.0 Å². The van der Waals surface area contributed by atoms with Gasteiger partial charge in [0.05, 0.1) is 15.7 Å². The Morgan fingerprint density at radius 2 is 1.40 bits per heavy atom. The van der Waals surface area contributed by atoms with Crippen molar-refractivity contribution in [1.29, 1.82) is 0 Å². The van der Waals surface area contributed by atoms with Gasteiger partial charge in [0.1, 0.15) is 5.25 Å². The second-order valence-corrected chi connectivity index (χ2v) is 11.4. The summed E-state index contributed by atoms with van der Waals surface area (Å²) in [7, 11) is 0. The number of thiazole rings is 1. The van der Waals surface area contributed by atoms with Crippen LogP contribution in [0.25, 0.3) is 11.3 Å². The first-order valence-electron chi connectivity index (χ1n) is 12.1. The number of nitrogens with one attached hydrogen (secondary N) is 3. The third kappa shape index (κ3) is 7.22. The van der Waals surface area contributed by atoms with Crippen LogP contribution in [0.1, 0.15) is 10.8 Å². The molecular weight excluding hydrogens is 583 g/mol. The predicted molar refractivity (Wildman–Crippen MR) is 167 cm³/mol. The Balaban J connectivity index is 1.27. The van der Waals surface area contributed by atoms with Crippen LogP contribution in [0.5, 0.6) is 0 Å². The predicted octanol–water partition coefficient (Wildman–Crippen LogP) is 9.23. The van der Waals surface area contributed by atoms with Crippen LogP contribution in [-0.4, -0.2) is 16.9 Å². The Morgan fingerprint density at radius 1 is 0.750 bits per heavy atom. The Hall–Kier alpha value is -3.82. The Bertz CT molecular complexity index is 1610. The molecule has 0 spiro atoms. The highest BCUT2D eigenvalue weighted by Crippen LogP contribution is 2.37. The minimum atomic E-state index is -0.529. The van der Waals surface area contributed by atoms with E-state index in [9.17, 15) is 9.59 Å². The molecule has 200 valence electrons. The molecule has 0 fully saturated rings.